The molecule has 2 heteroatoms. The van der Waals surface area contributed by atoms with Crippen molar-refractivity contribution in [2.24, 2.45) is 0 Å². The lowest BCUT2D eigenvalue weighted by atomic mass is 10.1. The van der Waals surface area contributed by atoms with Crippen molar-refractivity contribution in [3.8, 4) is 0 Å². The van der Waals surface area contributed by atoms with Gasteiger partial charge >= 0.3 is 0 Å². The zero-order valence-corrected chi connectivity index (χ0v) is 9.44. The van der Waals surface area contributed by atoms with E-state index in [1.54, 1.807) is 0 Å². The van der Waals surface area contributed by atoms with Gasteiger partial charge in [0.05, 0.1) is 0 Å². The SMILES string of the molecule is CCCCCCCCCCC(=N)C=N. The zero-order valence-electron chi connectivity index (χ0n) is 9.44. The first-order chi connectivity index (χ1) is 6.81. The van der Waals surface area contributed by atoms with Crippen LogP contribution in [0.4, 0.5) is 0 Å². The minimum Gasteiger partial charge on any atom is -0.307 e. The molecule has 0 rings (SSSR count). The van der Waals surface area contributed by atoms with Crippen molar-refractivity contribution in [3.05, 3.63) is 0 Å². The third-order valence-corrected chi connectivity index (χ3v) is 2.47. The van der Waals surface area contributed by atoms with Crippen LogP contribution in [0.5, 0.6) is 0 Å². The van der Waals surface area contributed by atoms with Crippen molar-refractivity contribution in [2.75, 3.05) is 0 Å². The predicted molar refractivity (Wildman–Crippen MR) is 63.7 cm³/mol. The summed E-state index contributed by atoms with van der Waals surface area (Å²) in [7, 11) is 0. The lowest BCUT2D eigenvalue weighted by Gasteiger charge is -2.00. The van der Waals surface area contributed by atoms with Crippen LogP contribution in [0.1, 0.15) is 64.7 Å². The van der Waals surface area contributed by atoms with Crippen LogP contribution in [0.2, 0.25) is 0 Å². The van der Waals surface area contributed by atoms with E-state index in [0.29, 0.717) is 5.71 Å². The van der Waals surface area contributed by atoms with Crippen LogP contribution < -0.4 is 0 Å². The van der Waals surface area contributed by atoms with E-state index in [0.717, 1.165) is 19.1 Å². The third-order valence-electron chi connectivity index (χ3n) is 2.47. The molecule has 0 aliphatic heterocycles. The maximum atomic E-state index is 7.27. The van der Waals surface area contributed by atoms with Crippen LogP contribution in [-0.4, -0.2) is 11.9 Å². The Morgan fingerprint density at radius 3 is 1.93 bits per heavy atom. The molecule has 0 saturated heterocycles. The lowest BCUT2D eigenvalue weighted by molar-refractivity contribution is 0.580. The second-order valence-corrected chi connectivity index (χ2v) is 3.89. The van der Waals surface area contributed by atoms with Gasteiger partial charge in [0, 0.05) is 11.9 Å². The molecule has 0 fully saturated rings. The molecule has 0 saturated carbocycles. The van der Waals surface area contributed by atoms with Crippen LogP contribution in [0.25, 0.3) is 0 Å². The molecule has 0 bridgehead atoms. The van der Waals surface area contributed by atoms with Gasteiger partial charge in [-0.2, -0.15) is 0 Å². The molecule has 0 aromatic rings. The molecular formula is C12H24N2. The zero-order chi connectivity index (χ0) is 10.6. The second-order valence-electron chi connectivity index (χ2n) is 3.89. The fourth-order valence-electron chi connectivity index (χ4n) is 1.52. The topological polar surface area (TPSA) is 47.7 Å². The summed E-state index contributed by atoms with van der Waals surface area (Å²) in [6, 6.07) is 0. The summed E-state index contributed by atoms with van der Waals surface area (Å²) in [6.07, 6.45) is 12.3. The average molecular weight is 196 g/mol. The average Bonchev–Trinajstić information content (AvgIpc) is 2.21. The summed E-state index contributed by atoms with van der Waals surface area (Å²) in [6.45, 7) is 2.24. The molecule has 0 radical (unpaired) electrons. The first-order valence-electron chi connectivity index (χ1n) is 5.89. The van der Waals surface area contributed by atoms with Gasteiger partial charge in [0.1, 0.15) is 0 Å². The Balaban J connectivity index is 2.99. The van der Waals surface area contributed by atoms with E-state index in [1.165, 1.54) is 44.9 Å². The number of rotatable bonds is 10. The highest BCUT2D eigenvalue weighted by Gasteiger charge is 1.93. The van der Waals surface area contributed by atoms with E-state index in [2.05, 4.69) is 6.92 Å². The molecule has 0 spiro atoms. The molecule has 0 aromatic carbocycles. The fraction of sp³-hybridized carbons (Fsp3) is 0.833. The first-order valence-corrected chi connectivity index (χ1v) is 5.89. The predicted octanol–water partition coefficient (Wildman–Crippen LogP) is 4.19. The minimum absolute atomic E-state index is 0.469. The van der Waals surface area contributed by atoms with E-state index in [9.17, 15) is 0 Å². The summed E-state index contributed by atoms with van der Waals surface area (Å²) in [4.78, 5) is 0. The van der Waals surface area contributed by atoms with E-state index in [4.69, 9.17) is 10.8 Å². The Morgan fingerprint density at radius 1 is 0.929 bits per heavy atom. The van der Waals surface area contributed by atoms with Crippen molar-refractivity contribution in [1.82, 2.24) is 0 Å². The van der Waals surface area contributed by atoms with Crippen LogP contribution in [0.15, 0.2) is 0 Å². The Morgan fingerprint density at radius 2 is 1.43 bits per heavy atom. The van der Waals surface area contributed by atoms with E-state index >= 15 is 0 Å². The third kappa shape index (κ3) is 9.43. The normalized spacial score (nSPS) is 10.1. The summed E-state index contributed by atoms with van der Waals surface area (Å²) in [5.41, 5.74) is 0.469. The molecule has 2 N–H and O–H groups in total. The standard InChI is InChI=1S/C12H24N2/c1-2-3-4-5-6-7-8-9-10-12(14)11-13/h11,13-14H,2-10H2,1H3. The van der Waals surface area contributed by atoms with Gasteiger partial charge in [-0.15, -0.1) is 0 Å². The highest BCUT2D eigenvalue weighted by atomic mass is 14.4. The van der Waals surface area contributed by atoms with Gasteiger partial charge in [-0.25, -0.2) is 0 Å². The minimum atomic E-state index is 0.469. The van der Waals surface area contributed by atoms with Crippen LogP contribution in [0, 0.1) is 10.8 Å². The van der Waals surface area contributed by atoms with E-state index in [1.807, 2.05) is 0 Å². The number of nitrogens with one attached hydrogen (secondary N) is 2. The molecule has 0 unspecified atom stereocenters. The molecule has 82 valence electrons. The Labute approximate surface area is 88.1 Å². The molecule has 0 heterocycles. The van der Waals surface area contributed by atoms with Crippen molar-refractivity contribution < 1.29 is 0 Å². The Kier molecular flexibility index (Phi) is 9.93. The lowest BCUT2D eigenvalue weighted by Crippen LogP contribution is -1.95. The summed E-state index contributed by atoms with van der Waals surface area (Å²) < 4.78 is 0. The van der Waals surface area contributed by atoms with Gasteiger partial charge in [-0.05, 0) is 12.8 Å². The summed E-state index contributed by atoms with van der Waals surface area (Å²) in [5, 5.41) is 14.1. The fourth-order valence-corrected chi connectivity index (χ4v) is 1.52. The molecule has 14 heavy (non-hydrogen) atoms. The van der Waals surface area contributed by atoms with Gasteiger partial charge < -0.3 is 10.8 Å². The van der Waals surface area contributed by atoms with Crippen molar-refractivity contribution in [2.45, 2.75) is 64.7 Å². The number of hydrogen-bond donors (Lipinski definition) is 2. The van der Waals surface area contributed by atoms with Crippen LogP contribution in [-0.2, 0) is 0 Å². The van der Waals surface area contributed by atoms with Crippen LogP contribution in [0.3, 0.4) is 0 Å². The Bertz CT molecular complexity index is 152. The molecule has 0 aliphatic carbocycles. The maximum absolute atomic E-state index is 7.27. The monoisotopic (exact) mass is 196 g/mol. The second kappa shape index (κ2) is 10.4. The van der Waals surface area contributed by atoms with E-state index < -0.39 is 0 Å². The van der Waals surface area contributed by atoms with Gasteiger partial charge in [-0.1, -0.05) is 51.9 Å². The van der Waals surface area contributed by atoms with Crippen molar-refractivity contribution in [1.29, 1.82) is 10.8 Å². The molecule has 0 amide bonds. The highest BCUT2D eigenvalue weighted by molar-refractivity contribution is 6.27. The largest absolute Gasteiger partial charge is 0.307 e. The molecule has 0 aliphatic rings. The van der Waals surface area contributed by atoms with Gasteiger partial charge in [-0.3, -0.25) is 0 Å². The molecule has 2 nitrogen and oxygen atoms in total. The van der Waals surface area contributed by atoms with Gasteiger partial charge in [0.15, 0.2) is 0 Å². The first kappa shape index (κ1) is 13.3. The quantitative estimate of drug-likeness (QED) is 0.389. The van der Waals surface area contributed by atoms with Gasteiger partial charge in [0.25, 0.3) is 0 Å². The maximum Gasteiger partial charge on any atom is 0.0489 e. The number of hydrogen-bond acceptors (Lipinski definition) is 2. The van der Waals surface area contributed by atoms with Crippen LogP contribution >= 0.6 is 0 Å². The molecular weight excluding hydrogens is 172 g/mol. The Hall–Kier alpha value is -0.660. The van der Waals surface area contributed by atoms with E-state index in [-0.39, 0.29) is 0 Å². The number of unbranched alkanes of at least 4 members (excludes halogenated alkanes) is 7. The smallest absolute Gasteiger partial charge is 0.0489 e. The molecule has 0 atom stereocenters. The molecule has 0 aromatic heterocycles. The van der Waals surface area contributed by atoms with Crippen molar-refractivity contribution in [3.63, 3.8) is 0 Å². The highest BCUT2D eigenvalue weighted by Crippen LogP contribution is 2.09. The van der Waals surface area contributed by atoms with Crippen molar-refractivity contribution >= 4 is 11.9 Å². The van der Waals surface area contributed by atoms with Gasteiger partial charge in [0.2, 0.25) is 0 Å². The summed E-state index contributed by atoms with van der Waals surface area (Å²) in [5.74, 6) is 0. The summed E-state index contributed by atoms with van der Waals surface area (Å²) >= 11 is 0.